The molecule has 6 nitrogen and oxygen atoms in total. The number of carbonyl (C=O) groups excluding carboxylic acids is 1. The Balaban J connectivity index is 1.50. The molecule has 0 bridgehead atoms. The lowest BCUT2D eigenvalue weighted by atomic mass is 10.0. The topological polar surface area (TPSA) is 54.0 Å². The number of para-hydroxylation sites is 1. The smallest absolute Gasteiger partial charge is 0.262 e. The molecule has 1 fully saturated rings. The minimum absolute atomic E-state index is 0.0163. The number of morpholine rings is 1. The maximum absolute atomic E-state index is 13.6. The Kier molecular flexibility index (Phi) is 5.69. The van der Waals surface area contributed by atoms with Crippen LogP contribution in [0.2, 0.25) is 0 Å². The maximum Gasteiger partial charge on any atom is 0.262 e. The van der Waals surface area contributed by atoms with Crippen LogP contribution in [-0.2, 0) is 4.74 Å². The molecule has 1 atom stereocenters. The average Bonchev–Trinajstić information content (AvgIpc) is 2.85. The van der Waals surface area contributed by atoms with Crippen molar-refractivity contribution in [1.82, 2.24) is 0 Å². The predicted octanol–water partition coefficient (Wildman–Crippen LogP) is 4.69. The third-order valence-electron chi connectivity index (χ3n) is 5.94. The van der Waals surface area contributed by atoms with E-state index in [1.165, 1.54) is 0 Å². The first-order valence-electron chi connectivity index (χ1n) is 11.1. The molecule has 6 heteroatoms. The Morgan fingerprint density at radius 3 is 2.34 bits per heavy atom. The summed E-state index contributed by atoms with van der Waals surface area (Å²) in [7, 11) is 0. The fraction of sp³-hybridized carbons (Fsp3) is 0.269. The van der Waals surface area contributed by atoms with E-state index in [1.54, 1.807) is 0 Å². The van der Waals surface area contributed by atoms with E-state index in [0.717, 1.165) is 54.7 Å². The highest BCUT2D eigenvalue weighted by atomic mass is 16.5. The van der Waals surface area contributed by atoms with Gasteiger partial charge in [0.1, 0.15) is 11.9 Å². The Morgan fingerprint density at radius 1 is 0.938 bits per heavy atom. The lowest BCUT2D eigenvalue weighted by molar-refractivity contribution is 0.0975. The van der Waals surface area contributed by atoms with E-state index < -0.39 is 0 Å². The summed E-state index contributed by atoms with van der Waals surface area (Å²) in [6.45, 7) is 5.83. The molecule has 1 amide bonds. The summed E-state index contributed by atoms with van der Waals surface area (Å²) in [5.74, 6) is 0.803. The van der Waals surface area contributed by atoms with Crippen molar-refractivity contribution in [2.45, 2.75) is 13.1 Å². The Morgan fingerprint density at radius 2 is 1.62 bits per heavy atom. The number of fused-ring (bicyclic) bond motifs is 1. The quantitative estimate of drug-likeness (QED) is 0.638. The van der Waals surface area contributed by atoms with Crippen LogP contribution in [-0.4, -0.2) is 38.8 Å². The second-order valence-electron chi connectivity index (χ2n) is 7.89. The van der Waals surface area contributed by atoms with Gasteiger partial charge in [0.25, 0.3) is 5.91 Å². The molecule has 1 saturated heterocycles. The van der Waals surface area contributed by atoms with Crippen molar-refractivity contribution in [2.75, 3.05) is 48.0 Å². The third-order valence-corrected chi connectivity index (χ3v) is 5.94. The highest BCUT2D eigenvalue weighted by Gasteiger charge is 2.34. The number of anilines is 3. The van der Waals surface area contributed by atoms with E-state index in [2.05, 4.69) is 22.3 Å². The summed E-state index contributed by atoms with van der Waals surface area (Å²) in [4.78, 5) is 17.7. The van der Waals surface area contributed by atoms with Crippen molar-refractivity contribution in [3.63, 3.8) is 0 Å². The van der Waals surface area contributed by atoms with E-state index in [-0.39, 0.29) is 12.1 Å². The lowest BCUT2D eigenvalue weighted by Gasteiger charge is -2.38. The van der Waals surface area contributed by atoms with Gasteiger partial charge in [-0.25, -0.2) is 0 Å². The standard InChI is InChI=1S/C26H27N3O3/c1-2-32-22-13-7-19(8-14-22)25-27-24-6-4-3-5-23(24)26(30)29(25)21-11-9-20(10-12-21)28-15-17-31-18-16-28/h3-14,25,27H,2,15-18H2,1H3/t25-/m1/s1. The van der Waals surface area contributed by atoms with Crippen molar-refractivity contribution in [3.8, 4) is 5.75 Å². The molecular weight excluding hydrogens is 402 g/mol. The SMILES string of the molecule is CCOc1ccc([C@@H]2Nc3ccccc3C(=O)N2c2ccc(N3CCOCC3)cc2)cc1. The summed E-state index contributed by atoms with van der Waals surface area (Å²) in [6, 6.07) is 23.8. The van der Waals surface area contributed by atoms with E-state index in [1.807, 2.05) is 72.5 Å². The van der Waals surface area contributed by atoms with Crippen LogP contribution in [0.15, 0.2) is 72.8 Å². The lowest BCUT2D eigenvalue weighted by Crippen LogP contribution is -2.43. The summed E-state index contributed by atoms with van der Waals surface area (Å²) in [5, 5.41) is 3.56. The molecule has 0 aliphatic carbocycles. The van der Waals surface area contributed by atoms with Gasteiger partial charge in [-0.1, -0.05) is 24.3 Å². The largest absolute Gasteiger partial charge is 0.494 e. The number of ether oxygens (including phenoxy) is 2. The first-order valence-corrected chi connectivity index (χ1v) is 11.1. The minimum atomic E-state index is -0.317. The summed E-state index contributed by atoms with van der Waals surface area (Å²) >= 11 is 0. The van der Waals surface area contributed by atoms with E-state index in [0.29, 0.717) is 12.2 Å². The van der Waals surface area contributed by atoms with E-state index >= 15 is 0 Å². The zero-order valence-electron chi connectivity index (χ0n) is 18.2. The average molecular weight is 430 g/mol. The second-order valence-corrected chi connectivity index (χ2v) is 7.89. The normalized spacial score (nSPS) is 18.2. The van der Waals surface area contributed by atoms with Gasteiger partial charge in [0, 0.05) is 30.2 Å². The zero-order chi connectivity index (χ0) is 21.9. The van der Waals surface area contributed by atoms with Gasteiger partial charge in [-0.2, -0.15) is 0 Å². The van der Waals surface area contributed by atoms with Crippen LogP contribution in [0.1, 0.15) is 29.0 Å². The Labute approximate surface area is 188 Å². The van der Waals surface area contributed by atoms with E-state index in [9.17, 15) is 4.79 Å². The van der Waals surface area contributed by atoms with Gasteiger partial charge in [-0.05, 0) is 61.0 Å². The van der Waals surface area contributed by atoms with E-state index in [4.69, 9.17) is 9.47 Å². The van der Waals surface area contributed by atoms with Crippen LogP contribution >= 0.6 is 0 Å². The van der Waals surface area contributed by atoms with Gasteiger partial charge in [0.05, 0.1) is 25.4 Å². The molecule has 2 aliphatic heterocycles. The van der Waals surface area contributed by atoms with Crippen LogP contribution < -0.4 is 19.9 Å². The molecule has 0 aromatic heterocycles. The fourth-order valence-electron chi connectivity index (χ4n) is 4.31. The highest BCUT2D eigenvalue weighted by Crippen LogP contribution is 2.37. The second kappa shape index (κ2) is 8.93. The number of amides is 1. The van der Waals surface area contributed by atoms with Crippen LogP contribution in [0.5, 0.6) is 5.75 Å². The molecular formula is C26H27N3O3. The van der Waals surface area contributed by atoms with Gasteiger partial charge in [-0.3, -0.25) is 9.69 Å². The number of hydrogen-bond acceptors (Lipinski definition) is 5. The summed E-state index contributed by atoms with van der Waals surface area (Å²) < 4.78 is 11.1. The maximum atomic E-state index is 13.6. The first-order chi connectivity index (χ1) is 15.7. The molecule has 1 N–H and O–H groups in total. The molecule has 5 rings (SSSR count). The number of carbonyl (C=O) groups is 1. The molecule has 32 heavy (non-hydrogen) atoms. The van der Waals surface area contributed by atoms with Crippen LogP contribution in [0, 0.1) is 0 Å². The minimum Gasteiger partial charge on any atom is -0.494 e. The fourth-order valence-corrected chi connectivity index (χ4v) is 4.31. The Bertz CT molecular complexity index is 1080. The van der Waals surface area contributed by atoms with Crippen LogP contribution in [0.4, 0.5) is 17.1 Å². The van der Waals surface area contributed by atoms with Crippen molar-refractivity contribution < 1.29 is 14.3 Å². The molecule has 3 aromatic carbocycles. The molecule has 0 radical (unpaired) electrons. The zero-order valence-corrected chi connectivity index (χ0v) is 18.2. The van der Waals surface area contributed by atoms with Gasteiger partial charge in [-0.15, -0.1) is 0 Å². The monoisotopic (exact) mass is 429 g/mol. The number of benzene rings is 3. The van der Waals surface area contributed by atoms with Gasteiger partial charge < -0.3 is 19.7 Å². The molecule has 164 valence electrons. The van der Waals surface area contributed by atoms with Crippen molar-refractivity contribution in [2.24, 2.45) is 0 Å². The van der Waals surface area contributed by atoms with Crippen molar-refractivity contribution >= 4 is 23.0 Å². The molecule has 0 saturated carbocycles. The van der Waals surface area contributed by atoms with Gasteiger partial charge in [0.15, 0.2) is 0 Å². The number of nitrogens with zero attached hydrogens (tertiary/aromatic N) is 2. The Hall–Kier alpha value is -3.51. The first kappa shape index (κ1) is 20.4. The van der Waals surface area contributed by atoms with Crippen LogP contribution in [0.3, 0.4) is 0 Å². The van der Waals surface area contributed by atoms with Gasteiger partial charge in [0.2, 0.25) is 0 Å². The number of hydrogen-bond donors (Lipinski definition) is 1. The number of rotatable bonds is 5. The highest BCUT2D eigenvalue weighted by molar-refractivity contribution is 6.12. The molecule has 0 unspecified atom stereocenters. The summed E-state index contributed by atoms with van der Waals surface area (Å²) in [6.07, 6.45) is -0.317. The van der Waals surface area contributed by atoms with Crippen LogP contribution in [0.25, 0.3) is 0 Å². The third kappa shape index (κ3) is 3.89. The van der Waals surface area contributed by atoms with Crippen molar-refractivity contribution in [3.05, 3.63) is 83.9 Å². The molecule has 2 aliphatic rings. The summed E-state index contributed by atoms with van der Waals surface area (Å²) in [5.41, 5.74) is 4.51. The number of nitrogens with one attached hydrogen (secondary N) is 1. The van der Waals surface area contributed by atoms with Gasteiger partial charge >= 0.3 is 0 Å². The molecule has 2 heterocycles. The predicted molar refractivity (Wildman–Crippen MR) is 127 cm³/mol. The molecule has 3 aromatic rings. The van der Waals surface area contributed by atoms with Crippen molar-refractivity contribution in [1.29, 1.82) is 0 Å². The molecule has 0 spiro atoms.